The highest BCUT2D eigenvalue weighted by Crippen LogP contribution is 2.30. The van der Waals surface area contributed by atoms with Crippen LogP contribution in [0, 0.1) is 0 Å². The highest BCUT2D eigenvalue weighted by molar-refractivity contribution is 9.10. The zero-order valence-electron chi connectivity index (χ0n) is 9.62. The van der Waals surface area contributed by atoms with Gasteiger partial charge in [-0.2, -0.15) is 0 Å². The van der Waals surface area contributed by atoms with E-state index in [9.17, 15) is 5.11 Å². The minimum Gasteiger partial charge on any atom is -0.390 e. The van der Waals surface area contributed by atoms with Crippen molar-refractivity contribution in [3.8, 4) is 0 Å². The molecular weight excluding hydrogens is 266 g/mol. The first-order valence-electron chi connectivity index (χ1n) is 5.80. The standard InChI is InChI=1S/C13H18BrNO/c1-13(16)7-4-9-15(10-8-13)12-6-3-2-5-11(12)14/h2-3,5-6,16H,4,7-10H2,1H3. The quantitative estimate of drug-likeness (QED) is 0.856. The second kappa shape index (κ2) is 4.76. The summed E-state index contributed by atoms with van der Waals surface area (Å²) in [6.45, 7) is 3.89. The van der Waals surface area contributed by atoms with E-state index < -0.39 is 5.60 Å². The van der Waals surface area contributed by atoms with Crippen molar-refractivity contribution >= 4 is 21.6 Å². The molecule has 1 unspecified atom stereocenters. The van der Waals surface area contributed by atoms with Crippen LogP contribution in [0.25, 0.3) is 0 Å². The molecule has 2 nitrogen and oxygen atoms in total. The zero-order chi connectivity index (χ0) is 11.6. The number of benzene rings is 1. The summed E-state index contributed by atoms with van der Waals surface area (Å²) in [4.78, 5) is 2.35. The summed E-state index contributed by atoms with van der Waals surface area (Å²) in [5.41, 5.74) is 0.746. The first-order valence-corrected chi connectivity index (χ1v) is 6.60. The molecule has 0 aromatic heterocycles. The second-order valence-electron chi connectivity index (χ2n) is 4.79. The van der Waals surface area contributed by atoms with E-state index in [1.807, 2.05) is 13.0 Å². The Morgan fingerprint density at radius 2 is 2.00 bits per heavy atom. The van der Waals surface area contributed by atoms with Crippen molar-refractivity contribution in [3.05, 3.63) is 28.7 Å². The van der Waals surface area contributed by atoms with Crippen molar-refractivity contribution in [2.75, 3.05) is 18.0 Å². The monoisotopic (exact) mass is 283 g/mol. The fourth-order valence-corrected chi connectivity index (χ4v) is 2.75. The van der Waals surface area contributed by atoms with E-state index in [2.05, 4.69) is 39.0 Å². The lowest BCUT2D eigenvalue weighted by Crippen LogP contribution is -2.28. The summed E-state index contributed by atoms with van der Waals surface area (Å²) in [5.74, 6) is 0. The first kappa shape index (κ1) is 11.9. The Balaban J connectivity index is 2.14. The molecule has 1 aromatic carbocycles. The molecule has 3 heteroatoms. The van der Waals surface area contributed by atoms with Crippen molar-refractivity contribution in [2.24, 2.45) is 0 Å². The van der Waals surface area contributed by atoms with E-state index in [0.717, 1.165) is 36.8 Å². The average molecular weight is 284 g/mol. The summed E-state index contributed by atoms with van der Waals surface area (Å²) in [6.07, 6.45) is 2.79. The highest BCUT2D eigenvalue weighted by Gasteiger charge is 2.25. The minimum atomic E-state index is -0.490. The first-order chi connectivity index (χ1) is 7.58. The molecule has 1 aliphatic rings. The maximum atomic E-state index is 10.1. The van der Waals surface area contributed by atoms with Crippen LogP contribution in [0.1, 0.15) is 26.2 Å². The molecule has 16 heavy (non-hydrogen) atoms. The minimum absolute atomic E-state index is 0.490. The van der Waals surface area contributed by atoms with Gasteiger partial charge in [0.25, 0.3) is 0 Å². The fraction of sp³-hybridized carbons (Fsp3) is 0.538. The Morgan fingerprint density at radius 1 is 1.25 bits per heavy atom. The van der Waals surface area contributed by atoms with Crippen LogP contribution in [-0.4, -0.2) is 23.8 Å². The van der Waals surface area contributed by atoms with Crippen LogP contribution in [0.3, 0.4) is 0 Å². The molecule has 1 aromatic rings. The molecule has 1 atom stereocenters. The van der Waals surface area contributed by atoms with Gasteiger partial charge in [0.2, 0.25) is 0 Å². The number of rotatable bonds is 1. The van der Waals surface area contributed by atoms with Gasteiger partial charge in [0.05, 0.1) is 11.3 Å². The summed E-state index contributed by atoms with van der Waals surface area (Å²) in [7, 11) is 0. The normalized spacial score (nSPS) is 26.6. The third-order valence-electron chi connectivity index (χ3n) is 3.26. The van der Waals surface area contributed by atoms with E-state index in [-0.39, 0.29) is 0 Å². The number of para-hydroxylation sites is 1. The Morgan fingerprint density at radius 3 is 2.75 bits per heavy atom. The maximum Gasteiger partial charge on any atom is 0.0637 e. The van der Waals surface area contributed by atoms with Gasteiger partial charge in [-0.05, 0) is 54.2 Å². The third-order valence-corrected chi connectivity index (χ3v) is 3.93. The number of aliphatic hydroxyl groups is 1. The van der Waals surface area contributed by atoms with Gasteiger partial charge in [-0.3, -0.25) is 0 Å². The summed E-state index contributed by atoms with van der Waals surface area (Å²) in [5, 5.41) is 10.1. The van der Waals surface area contributed by atoms with Crippen molar-refractivity contribution in [3.63, 3.8) is 0 Å². The van der Waals surface area contributed by atoms with Crippen LogP contribution in [-0.2, 0) is 0 Å². The fourth-order valence-electron chi connectivity index (χ4n) is 2.21. The smallest absolute Gasteiger partial charge is 0.0637 e. The van der Waals surface area contributed by atoms with Gasteiger partial charge in [0.1, 0.15) is 0 Å². The summed E-state index contributed by atoms with van der Waals surface area (Å²) >= 11 is 3.58. The van der Waals surface area contributed by atoms with Crippen LogP contribution >= 0.6 is 15.9 Å². The van der Waals surface area contributed by atoms with Crippen molar-refractivity contribution in [1.29, 1.82) is 0 Å². The molecule has 1 heterocycles. The predicted octanol–water partition coefficient (Wildman–Crippen LogP) is 3.19. The van der Waals surface area contributed by atoms with Gasteiger partial charge in [-0.15, -0.1) is 0 Å². The topological polar surface area (TPSA) is 23.5 Å². The molecule has 1 N–H and O–H groups in total. The van der Waals surface area contributed by atoms with Gasteiger partial charge < -0.3 is 10.0 Å². The number of hydrogen-bond acceptors (Lipinski definition) is 2. The molecule has 0 radical (unpaired) electrons. The SMILES string of the molecule is CC1(O)CCCN(c2ccccc2Br)CC1. The largest absolute Gasteiger partial charge is 0.390 e. The lowest BCUT2D eigenvalue weighted by Gasteiger charge is -2.25. The Labute approximate surface area is 105 Å². The number of nitrogens with zero attached hydrogens (tertiary/aromatic N) is 1. The van der Waals surface area contributed by atoms with Gasteiger partial charge in [-0.25, -0.2) is 0 Å². The molecule has 2 rings (SSSR count). The molecule has 0 amide bonds. The summed E-state index contributed by atoms with van der Waals surface area (Å²) in [6, 6.07) is 8.28. The lowest BCUT2D eigenvalue weighted by molar-refractivity contribution is 0.0481. The van der Waals surface area contributed by atoms with Crippen LogP contribution in [0.15, 0.2) is 28.7 Å². The zero-order valence-corrected chi connectivity index (χ0v) is 11.2. The van der Waals surface area contributed by atoms with E-state index in [0.29, 0.717) is 0 Å². The molecule has 0 saturated carbocycles. The molecule has 0 bridgehead atoms. The van der Waals surface area contributed by atoms with E-state index >= 15 is 0 Å². The Bertz CT molecular complexity index is 365. The number of halogens is 1. The predicted molar refractivity (Wildman–Crippen MR) is 70.8 cm³/mol. The van der Waals surface area contributed by atoms with Gasteiger partial charge in [0, 0.05) is 17.6 Å². The van der Waals surface area contributed by atoms with Crippen molar-refractivity contribution in [1.82, 2.24) is 0 Å². The Kier molecular flexibility index (Phi) is 3.55. The molecule has 0 spiro atoms. The van der Waals surface area contributed by atoms with Crippen LogP contribution < -0.4 is 4.90 Å². The van der Waals surface area contributed by atoms with E-state index in [4.69, 9.17) is 0 Å². The molecule has 0 aliphatic carbocycles. The van der Waals surface area contributed by atoms with Crippen molar-refractivity contribution < 1.29 is 5.11 Å². The van der Waals surface area contributed by atoms with Crippen LogP contribution in [0.2, 0.25) is 0 Å². The number of hydrogen-bond donors (Lipinski definition) is 1. The van der Waals surface area contributed by atoms with Crippen LogP contribution in [0.5, 0.6) is 0 Å². The molecule has 1 fully saturated rings. The molecule has 1 aliphatic heterocycles. The maximum absolute atomic E-state index is 10.1. The average Bonchev–Trinajstić information content (AvgIpc) is 2.40. The Hall–Kier alpha value is -0.540. The second-order valence-corrected chi connectivity index (χ2v) is 5.64. The van der Waals surface area contributed by atoms with Gasteiger partial charge >= 0.3 is 0 Å². The molecular formula is C13H18BrNO. The van der Waals surface area contributed by atoms with Crippen LogP contribution in [0.4, 0.5) is 5.69 Å². The van der Waals surface area contributed by atoms with Crippen molar-refractivity contribution in [2.45, 2.75) is 31.8 Å². The third kappa shape index (κ3) is 2.77. The van der Waals surface area contributed by atoms with Gasteiger partial charge in [-0.1, -0.05) is 12.1 Å². The van der Waals surface area contributed by atoms with E-state index in [1.165, 1.54) is 5.69 Å². The van der Waals surface area contributed by atoms with E-state index in [1.54, 1.807) is 0 Å². The summed E-state index contributed by atoms with van der Waals surface area (Å²) < 4.78 is 1.14. The molecule has 88 valence electrons. The van der Waals surface area contributed by atoms with Gasteiger partial charge in [0.15, 0.2) is 0 Å². The lowest BCUT2D eigenvalue weighted by atomic mass is 9.98. The molecule has 1 saturated heterocycles. The highest BCUT2D eigenvalue weighted by atomic mass is 79.9. The number of anilines is 1.